The summed E-state index contributed by atoms with van der Waals surface area (Å²) in [6.07, 6.45) is 2.32. The molecule has 0 fully saturated rings. The van der Waals surface area contributed by atoms with Crippen LogP contribution in [-0.4, -0.2) is 29.0 Å². The van der Waals surface area contributed by atoms with Crippen molar-refractivity contribution < 1.29 is 14.7 Å². The van der Waals surface area contributed by atoms with E-state index in [2.05, 4.69) is 5.32 Å². The molecule has 4 nitrogen and oxygen atoms in total. The number of anilines is 1. The fraction of sp³-hybridized carbons (Fsp3) is 0.273. The first kappa shape index (κ1) is 13.9. The van der Waals surface area contributed by atoms with Crippen LogP contribution in [0.2, 0.25) is 5.02 Å². The molecular formula is C11H12ClNO3S. The molecular weight excluding hydrogens is 262 g/mol. The zero-order valence-electron chi connectivity index (χ0n) is 9.20. The molecule has 0 radical (unpaired) electrons. The van der Waals surface area contributed by atoms with E-state index in [1.165, 1.54) is 18.2 Å². The van der Waals surface area contributed by atoms with Gasteiger partial charge in [0.25, 0.3) is 0 Å². The minimum Gasteiger partial charge on any atom is -0.478 e. The molecule has 0 unspecified atom stereocenters. The van der Waals surface area contributed by atoms with Crippen molar-refractivity contribution in [2.45, 2.75) is 6.42 Å². The van der Waals surface area contributed by atoms with Crippen molar-refractivity contribution in [3.05, 3.63) is 28.8 Å². The third kappa shape index (κ3) is 4.28. The third-order valence-electron chi connectivity index (χ3n) is 2.02. The molecule has 1 aromatic rings. The molecule has 2 N–H and O–H groups in total. The Kier molecular flexibility index (Phi) is 5.31. The summed E-state index contributed by atoms with van der Waals surface area (Å²) in [6.45, 7) is 0. The zero-order valence-corrected chi connectivity index (χ0v) is 10.8. The van der Waals surface area contributed by atoms with Crippen molar-refractivity contribution in [1.82, 2.24) is 0 Å². The molecule has 0 saturated carbocycles. The van der Waals surface area contributed by atoms with E-state index >= 15 is 0 Å². The molecule has 92 valence electrons. The van der Waals surface area contributed by atoms with E-state index in [-0.39, 0.29) is 16.5 Å². The Morgan fingerprint density at radius 2 is 2.18 bits per heavy atom. The number of thioether (sulfide) groups is 1. The molecule has 1 aromatic carbocycles. The number of amides is 1. The molecule has 0 aliphatic rings. The highest BCUT2D eigenvalue weighted by Gasteiger charge is 2.09. The molecule has 0 aliphatic carbocycles. The summed E-state index contributed by atoms with van der Waals surface area (Å²) in [5, 5.41) is 11.6. The summed E-state index contributed by atoms with van der Waals surface area (Å²) in [6, 6.07) is 4.20. The Morgan fingerprint density at radius 3 is 2.71 bits per heavy atom. The fourth-order valence-corrected chi connectivity index (χ4v) is 1.77. The Morgan fingerprint density at radius 1 is 1.47 bits per heavy atom. The second-order valence-electron chi connectivity index (χ2n) is 3.29. The van der Waals surface area contributed by atoms with Crippen molar-refractivity contribution in [1.29, 1.82) is 0 Å². The molecule has 0 saturated heterocycles. The predicted molar refractivity (Wildman–Crippen MR) is 70.0 cm³/mol. The number of aromatic carboxylic acids is 1. The third-order valence-corrected chi connectivity index (χ3v) is 2.95. The minimum absolute atomic E-state index is 0.0945. The van der Waals surface area contributed by atoms with Gasteiger partial charge >= 0.3 is 5.97 Å². The van der Waals surface area contributed by atoms with Gasteiger partial charge in [0.2, 0.25) is 5.91 Å². The Labute approximate surface area is 108 Å². The number of carbonyl (C=O) groups is 2. The van der Waals surface area contributed by atoms with Crippen molar-refractivity contribution in [2.75, 3.05) is 17.3 Å². The lowest BCUT2D eigenvalue weighted by molar-refractivity contribution is -0.115. The van der Waals surface area contributed by atoms with Crippen molar-refractivity contribution in [3.63, 3.8) is 0 Å². The first-order valence-electron chi connectivity index (χ1n) is 4.86. The molecule has 1 rings (SSSR count). The lowest BCUT2D eigenvalue weighted by Crippen LogP contribution is -2.12. The molecule has 17 heavy (non-hydrogen) atoms. The highest BCUT2D eigenvalue weighted by molar-refractivity contribution is 7.98. The van der Waals surface area contributed by atoms with E-state index in [1.807, 2.05) is 6.26 Å². The van der Waals surface area contributed by atoms with Crippen LogP contribution in [0, 0.1) is 0 Å². The molecule has 0 atom stereocenters. The summed E-state index contributed by atoms with van der Waals surface area (Å²) in [7, 11) is 0. The quantitative estimate of drug-likeness (QED) is 0.866. The summed E-state index contributed by atoms with van der Waals surface area (Å²) in [5.74, 6) is -0.451. The van der Waals surface area contributed by atoms with Crippen molar-refractivity contribution in [3.8, 4) is 0 Å². The summed E-state index contributed by atoms with van der Waals surface area (Å²) < 4.78 is 0. The number of rotatable bonds is 5. The smallest absolute Gasteiger partial charge is 0.335 e. The lowest BCUT2D eigenvalue weighted by atomic mass is 10.2. The molecule has 1 amide bonds. The molecule has 0 heterocycles. The van der Waals surface area contributed by atoms with Crippen LogP contribution in [0.1, 0.15) is 16.8 Å². The van der Waals surface area contributed by atoms with Gasteiger partial charge in [-0.05, 0) is 24.5 Å². The first-order valence-corrected chi connectivity index (χ1v) is 6.63. The standard InChI is InChI=1S/C11H12ClNO3S/c1-17-5-4-10(14)13-9-3-2-7(11(15)16)6-8(9)12/h2-3,6H,4-5H2,1H3,(H,13,14)(H,15,16). The number of hydrogen-bond donors (Lipinski definition) is 2. The van der Waals surface area contributed by atoms with Gasteiger partial charge in [-0.1, -0.05) is 11.6 Å². The Bertz CT molecular complexity index is 437. The number of halogens is 1. The minimum atomic E-state index is -1.05. The second kappa shape index (κ2) is 6.51. The highest BCUT2D eigenvalue weighted by Crippen LogP contribution is 2.23. The maximum atomic E-state index is 11.4. The number of benzene rings is 1. The van der Waals surface area contributed by atoms with Gasteiger partial charge in [-0.25, -0.2) is 4.79 Å². The van der Waals surface area contributed by atoms with Gasteiger partial charge in [-0.3, -0.25) is 4.79 Å². The SMILES string of the molecule is CSCCC(=O)Nc1ccc(C(=O)O)cc1Cl. The number of nitrogens with one attached hydrogen (secondary N) is 1. The topological polar surface area (TPSA) is 66.4 Å². The van der Waals surface area contributed by atoms with E-state index in [1.54, 1.807) is 11.8 Å². The summed E-state index contributed by atoms with van der Waals surface area (Å²) >= 11 is 7.45. The molecule has 0 aliphatic heterocycles. The van der Waals surface area contributed by atoms with Crippen LogP contribution in [0.25, 0.3) is 0 Å². The van der Waals surface area contributed by atoms with Crippen LogP contribution in [0.3, 0.4) is 0 Å². The van der Waals surface area contributed by atoms with Crippen molar-refractivity contribution in [2.24, 2.45) is 0 Å². The van der Waals surface area contributed by atoms with E-state index in [4.69, 9.17) is 16.7 Å². The molecule has 6 heteroatoms. The Balaban J connectivity index is 2.72. The van der Waals surface area contributed by atoms with Gasteiger partial charge in [-0.2, -0.15) is 11.8 Å². The van der Waals surface area contributed by atoms with Crippen LogP contribution in [0.5, 0.6) is 0 Å². The second-order valence-corrected chi connectivity index (χ2v) is 4.68. The van der Waals surface area contributed by atoms with E-state index in [0.29, 0.717) is 12.1 Å². The largest absolute Gasteiger partial charge is 0.478 e. The van der Waals surface area contributed by atoms with Gasteiger partial charge in [-0.15, -0.1) is 0 Å². The van der Waals surface area contributed by atoms with Crippen LogP contribution in [0.4, 0.5) is 5.69 Å². The zero-order chi connectivity index (χ0) is 12.8. The maximum Gasteiger partial charge on any atom is 0.335 e. The van der Waals surface area contributed by atoms with E-state index < -0.39 is 5.97 Å². The number of carboxylic acids is 1. The normalized spacial score (nSPS) is 10.0. The molecule has 0 bridgehead atoms. The number of hydrogen-bond acceptors (Lipinski definition) is 3. The van der Waals surface area contributed by atoms with Crippen LogP contribution in [0.15, 0.2) is 18.2 Å². The average Bonchev–Trinajstić information content (AvgIpc) is 2.28. The van der Waals surface area contributed by atoms with Crippen LogP contribution >= 0.6 is 23.4 Å². The first-order chi connectivity index (χ1) is 8.04. The average molecular weight is 274 g/mol. The summed E-state index contributed by atoms with van der Waals surface area (Å²) in [5.41, 5.74) is 0.528. The number of carboxylic acid groups (broad SMARTS) is 1. The van der Waals surface area contributed by atoms with Crippen LogP contribution in [-0.2, 0) is 4.79 Å². The van der Waals surface area contributed by atoms with Gasteiger partial charge in [0.15, 0.2) is 0 Å². The molecule has 0 aromatic heterocycles. The van der Waals surface area contributed by atoms with E-state index in [9.17, 15) is 9.59 Å². The predicted octanol–water partition coefficient (Wildman–Crippen LogP) is 2.73. The summed E-state index contributed by atoms with van der Waals surface area (Å²) in [4.78, 5) is 22.1. The van der Waals surface area contributed by atoms with Crippen LogP contribution < -0.4 is 5.32 Å². The van der Waals surface area contributed by atoms with E-state index in [0.717, 1.165) is 5.75 Å². The van der Waals surface area contributed by atoms with Crippen molar-refractivity contribution >= 4 is 40.9 Å². The fourth-order valence-electron chi connectivity index (χ4n) is 1.16. The lowest BCUT2D eigenvalue weighted by Gasteiger charge is -2.07. The monoisotopic (exact) mass is 273 g/mol. The van der Waals surface area contributed by atoms with Gasteiger partial charge < -0.3 is 10.4 Å². The molecule has 0 spiro atoms. The Hall–Kier alpha value is -1.20. The maximum absolute atomic E-state index is 11.4. The van der Waals surface area contributed by atoms with Gasteiger partial charge in [0.05, 0.1) is 16.3 Å². The van der Waals surface area contributed by atoms with Gasteiger partial charge in [0.1, 0.15) is 0 Å². The van der Waals surface area contributed by atoms with Gasteiger partial charge in [0, 0.05) is 12.2 Å². The highest BCUT2D eigenvalue weighted by atomic mass is 35.5. The number of carbonyl (C=O) groups excluding carboxylic acids is 1.